The highest BCUT2D eigenvalue weighted by molar-refractivity contribution is 6.32. The number of ether oxygens (including phenoxy) is 3. The Bertz CT molecular complexity index is 1070. The first kappa shape index (κ1) is 21.5. The first-order chi connectivity index (χ1) is 14.5. The van der Waals surface area contributed by atoms with Crippen LogP contribution in [0.5, 0.6) is 17.2 Å². The number of benzene rings is 3. The van der Waals surface area contributed by atoms with Crippen LogP contribution < -0.4 is 14.2 Å². The van der Waals surface area contributed by atoms with Crippen LogP contribution in [0.3, 0.4) is 0 Å². The van der Waals surface area contributed by atoms with E-state index in [1.807, 2.05) is 43.3 Å². The number of methoxy groups -OCH3 is 2. The zero-order valence-electron chi connectivity index (χ0n) is 17.1. The highest BCUT2D eigenvalue weighted by atomic mass is 35.5. The van der Waals surface area contributed by atoms with Crippen LogP contribution in [0.1, 0.15) is 27.0 Å². The number of hydrogen-bond acceptors (Lipinski definition) is 4. The number of hydrogen-bond donors (Lipinski definition) is 0. The predicted molar refractivity (Wildman–Crippen MR) is 120 cm³/mol. The van der Waals surface area contributed by atoms with Gasteiger partial charge in [0.2, 0.25) is 0 Å². The molecule has 3 aromatic rings. The van der Waals surface area contributed by atoms with E-state index in [2.05, 4.69) is 0 Å². The molecule has 154 valence electrons. The van der Waals surface area contributed by atoms with Crippen molar-refractivity contribution in [2.75, 3.05) is 14.2 Å². The molecule has 3 rings (SSSR count). The summed E-state index contributed by atoms with van der Waals surface area (Å²) in [7, 11) is 3.18. The van der Waals surface area contributed by atoms with Crippen LogP contribution in [-0.4, -0.2) is 20.0 Å². The quantitative estimate of drug-likeness (QED) is 0.323. The van der Waals surface area contributed by atoms with Crippen molar-refractivity contribution in [1.29, 1.82) is 0 Å². The standard InChI is InChI=1S/C25H23ClO4/c1-17-7-11-25(22(26)13-17)30-16-20-14-18(9-12-24(20)29-3)8-10-23(27)19-5-4-6-21(15-19)28-2/h4-15H,16H2,1-3H3/b10-8+. The van der Waals surface area contributed by atoms with E-state index in [0.717, 1.165) is 16.7 Å². The second-order valence-electron chi connectivity index (χ2n) is 6.72. The smallest absolute Gasteiger partial charge is 0.185 e. The lowest BCUT2D eigenvalue weighted by molar-refractivity contribution is 0.104. The molecule has 0 fully saturated rings. The van der Waals surface area contributed by atoms with E-state index in [0.29, 0.717) is 27.8 Å². The number of aryl methyl sites for hydroxylation is 1. The molecule has 0 radical (unpaired) electrons. The summed E-state index contributed by atoms with van der Waals surface area (Å²) in [6.07, 6.45) is 3.31. The van der Waals surface area contributed by atoms with Gasteiger partial charge in [-0.2, -0.15) is 0 Å². The van der Waals surface area contributed by atoms with Gasteiger partial charge in [0.05, 0.1) is 19.2 Å². The van der Waals surface area contributed by atoms with Crippen LogP contribution in [0.25, 0.3) is 6.08 Å². The Hall–Kier alpha value is -3.24. The summed E-state index contributed by atoms with van der Waals surface area (Å²) < 4.78 is 16.5. The Morgan fingerprint density at radius 3 is 2.50 bits per heavy atom. The van der Waals surface area contributed by atoms with Crippen molar-refractivity contribution in [3.63, 3.8) is 0 Å². The molecular weight excluding hydrogens is 400 g/mol. The van der Waals surface area contributed by atoms with E-state index in [1.54, 1.807) is 44.6 Å². The van der Waals surface area contributed by atoms with Gasteiger partial charge < -0.3 is 14.2 Å². The third kappa shape index (κ3) is 5.43. The predicted octanol–water partition coefficient (Wildman–Crippen LogP) is 6.14. The van der Waals surface area contributed by atoms with Crippen molar-refractivity contribution in [1.82, 2.24) is 0 Å². The van der Waals surface area contributed by atoms with Gasteiger partial charge in [0, 0.05) is 11.1 Å². The summed E-state index contributed by atoms with van der Waals surface area (Å²) in [5.41, 5.74) is 3.35. The zero-order chi connectivity index (χ0) is 21.5. The molecule has 0 aliphatic carbocycles. The second-order valence-corrected chi connectivity index (χ2v) is 7.13. The van der Waals surface area contributed by atoms with Gasteiger partial charge in [-0.3, -0.25) is 4.79 Å². The summed E-state index contributed by atoms with van der Waals surface area (Å²) in [4.78, 5) is 12.5. The van der Waals surface area contributed by atoms with Gasteiger partial charge in [-0.25, -0.2) is 0 Å². The minimum Gasteiger partial charge on any atom is -0.497 e. The van der Waals surface area contributed by atoms with Crippen LogP contribution in [0.2, 0.25) is 5.02 Å². The highest BCUT2D eigenvalue weighted by Crippen LogP contribution is 2.28. The number of rotatable bonds is 8. The van der Waals surface area contributed by atoms with Gasteiger partial charge in [-0.1, -0.05) is 41.9 Å². The third-order valence-corrected chi connectivity index (χ3v) is 4.85. The fourth-order valence-corrected chi connectivity index (χ4v) is 3.23. The number of allylic oxidation sites excluding steroid dienone is 1. The minimum absolute atomic E-state index is 0.103. The Morgan fingerprint density at radius 1 is 0.967 bits per heavy atom. The molecule has 0 N–H and O–H groups in total. The molecule has 0 heterocycles. The van der Waals surface area contributed by atoms with Crippen LogP contribution in [0.4, 0.5) is 0 Å². The molecular formula is C25H23ClO4. The van der Waals surface area contributed by atoms with Crippen LogP contribution >= 0.6 is 11.6 Å². The molecule has 0 amide bonds. The monoisotopic (exact) mass is 422 g/mol. The lowest BCUT2D eigenvalue weighted by Gasteiger charge is -2.12. The molecule has 0 bridgehead atoms. The Labute approximate surface area is 181 Å². The summed E-state index contributed by atoms with van der Waals surface area (Å²) in [5, 5.41) is 0.564. The maximum Gasteiger partial charge on any atom is 0.185 e. The van der Waals surface area contributed by atoms with E-state index >= 15 is 0 Å². The van der Waals surface area contributed by atoms with Crippen molar-refractivity contribution >= 4 is 23.5 Å². The summed E-state index contributed by atoms with van der Waals surface area (Å²) in [6.45, 7) is 2.26. The van der Waals surface area contributed by atoms with Gasteiger partial charge in [0.1, 0.15) is 23.9 Å². The normalized spacial score (nSPS) is 10.8. The van der Waals surface area contributed by atoms with E-state index in [-0.39, 0.29) is 12.4 Å². The average molecular weight is 423 g/mol. The number of ketones is 1. The number of halogens is 1. The fourth-order valence-electron chi connectivity index (χ4n) is 2.94. The maximum absolute atomic E-state index is 12.5. The molecule has 0 saturated heterocycles. The molecule has 0 spiro atoms. The van der Waals surface area contributed by atoms with Gasteiger partial charge in [0.25, 0.3) is 0 Å². The molecule has 30 heavy (non-hydrogen) atoms. The van der Waals surface area contributed by atoms with Crippen molar-refractivity contribution in [3.8, 4) is 17.2 Å². The van der Waals surface area contributed by atoms with E-state index in [1.165, 1.54) is 6.08 Å². The highest BCUT2D eigenvalue weighted by Gasteiger charge is 2.08. The molecule has 0 saturated carbocycles. The zero-order valence-corrected chi connectivity index (χ0v) is 17.9. The van der Waals surface area contributed by atoms with Gasteiger partial charge in [-0.15, -0.1) is 0 Å². The first-order valence-corrected chi connectivity index (χ1v) is 9.80. The van der Waals surface area contributed by atoms with Crippen LogP contribution in [0, 0.1) is 6.92 Å². The van der Waals surface area contributed by atoms with Crippen molar-refractivity contribution < 1.29 is 19.0 Å². The Morgan fingerprint density at radius 2 is 1.77 bits per heavy atom. The van der Waals surface area contributed by atoms with Crippen molar-refractivity contribution in [2.24, 2.45) is 0 Å². The van der Waals surface area contributed by atoms with Crippen molar-refractivity contribution in [3.05, 3.63) is 94.0 Å². The van der Waals surface area contributed by atoms with Gasteiger partial charge in [0.15, 0.2) is 5.78 Å². The maximum atomic E-state index is 12.5. The largest absolute Gasteiger partial charge is 0.497 e. The Balaban J connectivity index is 1.76. The number of carbonyl (C=O) groups excluding carboxylic acids is 1. The van der Waals surface area contributed by atoms with Crippen molar-refractivity contribution in [2.45, 2.75) is 13.5 Å². The van der Waals surface area contributed by atoms with E-state index in [9.17, 15) is 4.79 Å². The first-order valence-electron chi connectivity index (χ1n) is 9.42. The summed E-state index contributed by atoms with van der Waals surface area (Å²) in [6, 6.07) is 18.4. The third-order valence-electron chi connectivity index (χ3n) is 4.56. The minimum atomic E-state index is -0.103. The molecule has 0 aliphatic heterocycles. The molecule has 4 nitrogen and oxygen atoms in total. The topological polar surface area (TPSA) is 44.8 Å². The Kier molecular flexibility index (Phi) is 7.15. The van der Waals surface area contributed by atoms with Crippen LogP contribution in [0.15, 0.2) is 66.7 Å². The van der Waals surface area contributed by atoms with Gasteiger partial charge >= 0.3 is 0 Å². The van der Waals surface area contributed by atoms with Crippen LogP contribution in [-0.2, 0) is 6.61 Å². The lowest BCUT2D eigenvalue weighted by atomic mass is 10.1. The lowest BCUT2D eigenvalue weighted by Crippen LogP contribution is -2.00. The molecule has 0 aliphatic rings. The molecule has 0 atom stereocenters. The SMILES string of the molecule is COc1cccc(C(=O)/C=C/c2ccc(OC)c(COc3ccc(C)cc3Cl)c2)c1. The fraction of sp³-hybridized carbons (Fsp3) is 0.160. The number of carbonyl (C=O) groups is 1. The molecule has 5 heteroatoms. The summed E-state index contributed by atoms with van der Waals surface area (Å²) in [5.74, 6) is 1.86. The average Bonchev–Trinajstić information content (AvgIpc) is 2.77. The van der Waals surface area contributed by atoms with Gasteiger partial charge in [-0.05, 0) is 60.5 Å². The van der Waals surface area contributed by atoms with E-state index < -0.39 is 0 Å². The van der Waals surface area contributed by atoms with E-state index in [4.69, 9.17) is 25.8 Å². The molecule has 0 aromatic heterocycles. The summed E-state index contributed by atoms with van der Waals surface area (Å²) >= 11 is 6.25. The second kappa shape index (κ2) is 9.99. The molecule has 3 aromatic carbocycles. The molecule has 0 unspecified atom stereocenters.